The van der Waals surface area contributed by atoms with Crippen LogP contribution in [0.25, 0.3) is 0 Å². The average Bonchev–Trinajstić information content (AvgIpc) is 2.28. The monoisotopic (exact) mass is 201 g/mol. The van der Waals surface area contributed by atoms with Crippen molar-refractivity contribution in [1.82, 2.24) is 4.90 Å². The molecule has 0 spiro atoms. The van der Waals surface area contributed by atoms with Crippen LogP contribution in [0.1, 0.15) is 20.3 Å². The number of methoxy groups -OCH3 is 1. The third-order valence-corrected chi connectivity index (χ3v) is 3.02. The maximum absolute atomic E-state index is 11.7. The average molecular weight is 201 g/mol. The molecule has 0 aromatic rings. The number of nitrogens with zero attached hydrogens (tertiary/aromatic N) is 1. The molecule has 1 atom stereocenters. The van der Waals surface area contributed by atoms with Gasteiger partial charge in [-0.05, 0) is 13.3 Å². The Morgan fingerprint density at radius 2 is 2.07 bits per heavy atom. The van der Waals surface area contributed by atoms with Crippen molar-refractivity contribution in [2.24, 2.45) is 0 Å². The lowest BCUT2D eigenvalue weighted by Gasteiger charge is -2.40. The Labute approximate surface area is 85.2 Å². The summed E-state index contributed by atoms with van der Waals surface area (Å²) in [4.78, 5) is 13.8. The van der Waals surface area contributed by atoms with E-state index in [9.17, 15) is 4.79 Å². The molecule has 1 rings (SSSR count). The van der Waals surface area contributed by atoms with Gasteiger partial charge >= 0.3 is 5.97 Å². The van der Waals surface area contributed by atoms with Crippen molar-refractivity contribution in [3.8, 4) is 0 Å². The summed E-state index contributed by atoms with van der Waals surface area (Å²) in [5, 5.41) is 0. The molecule has 0 radical (unpaired) electrons. The number of hydrogen-bond donors (Lipinski definition) is 0. The van der Waals surface area contributed by atoms with Crippen LogP contribution in [0.2, 0.25) is 0 Å². The molecule has 0 unspecified atom stereocenters. The molecule has 14 heavy (non-hydrogen) atoms. The molecule has 0 amide bonds. The summed E-state index contributed by atoms with van der Waals surface area (Å²) in [6.07, 6.45) is 0.764. The zero-order valence-electron chi connectivity index (χ0n) is 9.21. The van der Waals surface area contributed by atoms with Crippen LogP contribution in [0, 0.1) is 0 Å². The first kappa shape index (κ1) is 11.5. The molecule has 4 nitrogen and oxygen atoms in total. The van der Waals surface area contributed by atoms with Crippen molar-refractivity contribution in [2.75, 3.05) is 33.4 Å². The first-order valence-corrected chi connectivity index (χ1v) is 5.06. The van der Waals surface area contributed by atoms with Crippen LogP contribution in [-0.4, -0.2) is 49.8 Å². The van der Waals surface area contributed by atoms with Gasteiger partial charge in [0.2, 0.25) is 0 Å². The van der Waals surface area contributed by atoms with Crippen molar-refractivity contribution in [1.29, 1.82) is 0 Å². The minimum absolute atomic E-state index is 0.151. The molecule has 0 bridgehead atoms. The molecule has 1 fully saturated rings. The summed E-state index contributed by atoms with van der Waals surface area (Å²) >= 11 is 0. The van der Waals surface area contributed by atoms with Gasteiger partial charge in [-0.3, -0.25) is 9.69 Å². The molecule has 1 aliphatic rings. The van der Waals surface area contributed by atoms with Crippen molar-refractivity contribution >= 4 is 5.97 Å². The van der Waals surface area contributed by atoms with Gasteiger partial charge in [-0.2, -0.15) is 0 Å². The Bertz CT molecular complexity index is 202. The first-order valence-electron chi connectivity index (χ1n) is 5.06. The zero-order valence-corrected chi connectivity index (χ0v) is 9.21. The molecule has 0 N–H and O–H groups in total. The second-order valence-electron chi connectivity index (χ2n) is 3.72. The number of carbonyl (C=O) groups excluding carboxylic acids is 1. The highest BCUT2D eigenvalue weighted by atomic mass is 16.5. The number of rotatable bonds is 3. The molecule has 1 heterocycles. The number of hydrogen-bond acceptors (Lipinski definition) is 4. The van der Waals surface area contributed by atoms with Crippen molar-refractivity contribution < 1.29 is 14.3 Å². The fourth-order valence-electron chi connectivity index (χ4n) is 1.77. The predicted molar refractivity (Wildman–Crippen MR) is 53.1 cm³/mol. The lowest BCUT2D eigenvalue weighted by molar-refractivity contribution is -0.157. The summed E-state index contributed by atoms with van der Waals surface area (Å²) in [6, 6.07) is 0. The largest absolute Gasteiger partial charge is 0.468 e. The lowest BCUT2D eigenvalue weighted by Crippen LogP contribution is -2.56. The van der Waals surface area contributed by atoms with Gasteiger partial charge in [0.1, 0.15) is 5.54 Å². The van der Waals surface area contributed by atoms with Crippen molar-refractivity contribution in [3.63, 3.8) is 0 Å². The van der Waals surface area contributed by atoms with Gasteiger partial charge in [0.05, 0.1) is 20.3 Å². The van der Waals surface area contributed by atoms with E-state index in [-0.39, 0.29) is 5.97 Å². The predicted octanol–water partition coefficient (Wildman–Crippen LogP) is 0.660. The molecule has 0 aromatic carbocycles. The van der Waals surface area contributed by atoms with Crippen LogP contribution in [0.15, 0.2) is 0 Å². The topological polar surface area (TPSA) is 38.8 Å². The highest BCUT2D eigenvalue weighted by molar-refractivity contribution is 5.80. The fourth-order valence-corrected chi connectivity index (χ4v) is 1.77. The Morgan fingerprint density at radius 1 is 1.50 bits per heavy atom. The molecule has 4 heteroatoms. The van der Waals surface area contributed by atoms with E-state index in [1.165, 1.54) is 7.11 Å². The van der Waals surface area contributed by atoms with Crippen LogP contribution >= 0.6 is 0 Å². The minimum atomic E-state index is -0.488. The van der Waals surface area contributed by atoms with Crippen LogP contribution in [0.5, 0.6) is 0 Å². The van der Waals surface area contributed by atoms with Crippen molar-refractivity contribution in [3.05, 3.63) is 0 Å². The molecule has 82 valence electrons. The van der Waals surface area contributed by atoms with E-state index in [2.05, 4.69) is 4.90 Å². The van der Waals surface area contributed by atoms with Gasteiger partial charge < -0.3 is 9.47 Å². The summed E-state index contributed by atoms with van der Waals surface area (Å²) in [6.45, 7) is 6.95. The van der Waals surface area contributed by atoms with E-state index < -0.39 is 5.54 Å². The molecule has 0 aromatic heterocycles. The van der Waals surface area contributed by atoms with E-state index in [0.717, 1.165) is 19.5 Å². The quantitative estimate of drug-likeness (QED) is 0.629. The molecular formula is C10H19NO3. The third kappa shape index (κ3) is 2.07. The second-order valence-corrected chi connectivity index (χ2v) is 3.72. The van der Waals surface area contributed by atoms with E-state index >= 15 is 0 Å². The van der Waals surface area contributed by atoms with E-state index in [0.29, 0.717) is 13.2 Å². The number of esters is 1. The van der Waals surface area contributed by atoms with Gasteiger partial charge in [-0.15, -0.1) is 0 Å². The maximum atomic E-state index is 11.7. The number of ether oxygens (including phenoxy) is 2. The van der Waals surface area contributed by atoms with Crippen LogP contribution < -0.4 is 0 Å². The van der Waals surface area contributed by atoms with Gasteiger partial charge in [0.25, 0.3) is 0 Å². The summed E-state index contributed by atoms with van der Waals surface area (Å²) < 4.78 is 10.1. The number of morpholine rings is 1. The molecule has 1 saturated heterocycles. The van der Waals surface area contributed by atoms with Crippen LogP contribution in [-0.2, 0) is 14.3 Å². The zero-order chi connectivity index (χ0) is 10.6. The second kappa shape index (κ2) is 4.75. The molecule has 0 aliphatic carbocycles. The smallest absolute Gasteiger partial charge is 0.325 e. The molecule has 0 saturated carbocycles. The minimum Gasteiger partial charge on any atom is -0.468 e. The SMILES string of the molecule is CC[C@@](C)(C(=O)OC)N1CCOCC1. The Morgan fingerprint density at radius 3 is 2.50 bits per heavy atom. The van der Waals surface area contributed by atoms with Gasteiger partial charge in [-0.25, -0.2) is 0 Å². The fraction of sp³-hybridized carbons (Fsp3) is 0.900. The summed E-state index contributed by atoms with van der Waals surface area (Å²) in [7, 11) is 1.44. The van der Waals surface area contributed by atoms with E-state index in [1.54, 1.807) is 0 Å². The highest BCUT2D eigenvalue weighted by Gasteiger charge is 2.39. The maximum Gasteiger partial charge on any atom is 0.325 e. The Balaban J connectivity index is 2.71. The normalized spacial score (nSPS) is 22.8. The number of carbonyl (C=O) groups is 1. The summed E-state index contributed by atoms with van der Waals surface area (Å²) in [5.74, 6) is -0.151. The van der Waals surface area contributed by atoms with E-state index in [1.807, 2.05) is 13.8 Å². The third-order valence-electron chi connectivity index (χ3n) is 3.02. The molecular weight excluding hydrogens is 182 g/mol. The van der Waals surface area contributed by atoms with Gasteiger partial charge in [-0.1, -0.05) is 6.92 Å². The van der Waals surface area contributed by atoms with Crippen molar-refractivity contribution in [2.45, 2.75) is 25.8 Å². The Hall–Kier alpha value is -0.610. The molecule has 1 aliphatic heterocycles. The standard InChI is InChI=1S/C10H19NO3/c1-4-10(2,9(12)13-3)11-5-7-14-8-6-11/h4-8H2,1-3H3/t10-/m0/s1. The van der Waals surface area contributed by atoms with Gasteiger partial charge in [0.15, 0.2) is 0 Å². The van der Waals surface area contributed by atoms with Gasteiger partial charge in [0, 0.05) is 13.1 Å². The Kier molecular flexibility index (Phi) is 3.89. The highest BCUT2D eigenvalue weighted by Crippen LogP contribution is 2.22. The first-order chi connectivity index (χ1) is 6.65. The van der Waals surface area contributed by atoms with Crippen LogP contribution in [0.3, 0.4) is 0 Å². The van der Waals surface area contributed by atoms with E-state index in [4.69, 9.17) is 9.47 Å². The lowest BCUT2D eigenvalue weighted by atomic mass is 9.96. The summed E-state index contributed by atoms with van der Waals surface area (Å²) in [5.41, 5.74) is -0.488. The van der Waals surface area contributed by atoms with Crippen LogP contribution in [0.4, 0.5) is 0 Å².